The molecule has 0 aliphatic heterocycles. The van der Waals surface area contributed by atoms with Crippen molar-refractivity contribution >= 4 is 56.4 Å². The maximum atomic E-state index is 12.2. The molecule has 22 heavy (non-hydrogen) atoms. The van der Waals surface area contributed by atoms with Crippen molar-refractivity contribution in [3.8, 4) is 5.75 Å². The summed E-state index contributed by atoms with van der Waals surface area (Å²) in [6.45, 7) is 1.63. The van der Waals surface area contributed by atoms with Crippen molar-refractivity contribution < 1.29 is 9.53 Å². The van der Waals surface area contributed by atoms with Gasteiger partial charge in [0.1, 0.15) is 5.75 Å². The first kappa shape index (κ1) is 16.9. The average Bonchev–Trinajstić information content (AvgIpc) is 2.44. The van der Waals surface area contributed by atoms with Crippen molar-refractivity contribution in [3.05, 3.63) is 50.9 Å². The highest BCUT2D eigenvalue weighted by atomic mass is 79.9. The van der Waals surface area contributed by atoms with Crippen LogP contribution in [0.3, 0.4) is 0 Å². The normalized spacial score (nSPS) is 11.8. The third kappa shape index (κ3) is 4.29. The summed E-state index contributed by atoms with van der Waals surface area (Å²) >= 11 is 15.2. The Balaban J connectivity index is 2.05. The molecule has 7 heteroatoms. The minimum absolute atomic E-state index is 0.309. The van der Waals surface area contributed by atoms with Crippen LogP contribution in [0.4, 0.5) is 11.4 Å². The lowest BCUT2D eigenvalue weighted by molar-refractivity contribution is -0.122. The van der Waals surface area contributed by atoms with Gasteiger partial charge in [0.05, 0.1) is 10.7 Å². The maximum absolute atomic E-state index is 12.2. The molecule has 0 radical (unpaired) electrons. The molecule has 0 spiro atoms. The lowest BCUT2D eigenvalue weighted by Gasteiger charge is -2.16. The number of carbonyl (C=O) groups excluding carboxylic acids is 1. The Morgan fingerprint density at radius 2 is 2.00 bits per heavy atom. The molecule has 0 aromatic heterocycles. The molecule has 2 rings (SSSR count). The van der Waals surface area contributed by atoms with Crippen LogP contribution < -0.4 is 15.8 Å². The van der Waals surface area contributed by atoms with Gasteiger partial charge in [-0.2, -0.15) is 0 Å². The molecule has 3 N–H and O–H groups in total. The Labute approximate surface area is 146 Å². The van der Waals surface area contributed by atoms with Crippen LogP contribution in [0.5, 0.6) is 5.75 Å². The summed E-state index contributed by atoms with van der Waals surface area (Å²) < 4.78 is 6.25. The van der Waals surface area contributed by atoms with Crippen LogP contribution in [0.2, 0.25) is 10.0 Å². The number of ether oxygens (including phenoxy) is 1. The van der Waals surface area contributed by atoms with Crippen LogP contribution in [-0.4, -0.2) is 12.0 Å². The van der Waals surface area contributed by atoms with Gasteiger partial charge in [0.25, 0.3) is 5.91 Å². The summed E-state index contributed by atoms with van der Waals surface area (Å²) in [6.07, 6.45) is -0.733. The van der Waals surface area contributed by atoms with E-state index in [1.54, 1.807) is 43.3 Å². The van der Waals surface area contributed by atoms with Crippen LogP contribution in [0.1, 0.15) is 6.92 Å². The predicted octanol–water partition coefficient (Wildman–Crippen LogP) is 4.74. The number of rotatable bonds is 4. The number of nitrogen functional groups attached to an aromatic ring is 1. The molecule has 0 saturated heterocycles. The molecular formula is C15H13BrCl2N2O2. The fourth-order valence-electron chi connectivity index (χ4n) is 1.68. The van der Waals surface area contributed by atoms with E-state index in [1.807, 2.05) is 0 Å². The molecule has 4 nitrogen and oxygen atoms in total. The van der Waals surface area contributed by atoms with E-state index in [0.717, 1.165) is 0 Å². The van der Waals surface area contributed by atoms with Gasteiger partial charge >= 0.3 is 0 Å². The third-order valence-corrected chi connectivity index (χ3v) is 4.00. The number of amides is 1. The van der Waals surface area contributed by atoms with Gasteiger partial charge in [-0.3, -0.25) is 4.79 Å². The molecule has 0 bridgehead atoms. The van der Waals surface area contributed by atoms with Crippen molar-refractivity contribution in [2.75, 3.05) is 11.1 Å². The maximum Gasteiger partial charge on any atom is 0.265 e. The summed E-state index contributed by atoms with van der Waals surface area (Å²) in [4.78, 5) is 12.2. The van der Waals surface area contributed by atoms with Crippen molar-refractivity contribution in [1.29, 1.82) is 0 Å². The summed E-state index contributed by atoms with van der Waals surface area (Å²) in [7, 11) is 0. The highest BCUT2D eigenvalue weighted by Crippen LogP contribution is 2.29. The van der Waals surface area contributed by atoms with Crippen molar-refractivity contribution in [2.45, 2.75) is 13.0 Å². The Kier molecular flexibility index (Phi) is 5.56. The topological polar surface area (TPSA) is 64.3 Å². The Morgan fingerprint density at radius 3 is 2.64 bits per heavy atom. The number of hydrogen-bond acceptors (Lipinski definition) is 3. The first-order valence-corrected chi connectivity index (χ1v) is 7.89. The number of anilines is 2. The van der Waals surface area contributed by atoms with Crippen molar-refractivity contribution in [3.63, 3.8) is 0 Å². The van der Waals surface area contributed by atoms with E-state index in [9.17, 15) is 4.79 Å². The van der Waals surface area contributed by atoms with Crippen LogP contribution in [0.25, 0.3) is 0 Å². The summed E-state index contributed by atoms with van der Waals surface area (Å²) in [6, 6.07) is 9.93. The molecule has 0 aliphatic rings. The minimum atomic E-state index is -0.733. The molecule has 0 heterocycles. The SMILES string of the molecule is CC(Oc1ccc(Cl)cc1Cl)C(=O)Nc1ccc(N)cc1Br. The Morgan fingerprint density at radius 1 is 1.27 bits per heavy atom. The molecule has 0 saturated carbocycles. The molecule has 0 fully saturated rings. The van der Waals surface area contributed by atoms with Gasteiger partial charge in [-0.05, 0) is 59.3 Å². The van der Waals surface area contributed by atoms with Gasteiger partial charge in [-0.25, -0.2) is 0 Å². The van der Waals surface area contributed by atoms with Crippen LogP contribution in [0, 0.1) is 0 Å². The van der Waals surface area contributed by atoms with Crippen LogP contribution in [-0.2, 0) is 4.79 Å². The molecule has 116 valence electrons. The van der Waals surface area contributed by atoms with E-state index >= 15 is 0 Å². The smallest absolute Gasteiger partial charge is 0.265 e. The number of hydrogen-bond donors (Lipinski definition) is 2. The second-order valence-electron chi connectivity index (χ2n) is 4.56. The second-order valence-corrected chi connectivity index (χ2v) is 6.26. The third-order valence-electron chi connectivity index (χ3n) is 2.82. The number of nitrogens with two attached hydrogens (primary N) is 1. The van der Waals surface area contributed by atoms with Gasteiger partial charge in [-0.1, -0.05) is 23.2 Å². The van der Waals surface area contributed by atoms with E-state index in [2.05, 4.69) is 21.2 Å². The molecule has 0 aliphatic carbocycles. The summed E-state index contributed by atoms with van der Waals surface area (Å²) in [5.41, 5.74) is 6.86. The first-order chi connectivity index (χ1) is 10.4. The van der Waals surface area contributed by atoms with Gasteiger partial charge in [0.15, 0.2) is 6.10 Å². The lowest BCUT2D eigenvalue weighted by atomic mass is 10.2. The van der Waals surface area contributed by atoms with Gasteiger partial charge in [0, 0.05) is 15.2 Å². The van der Waals surface area contributed by atoms with Crippen LogP contribution in [0.15, 0.2) is 40.9 Å². The second kappa shape index (κ2) is 7.22. The van der Waals surface area contributed by atoms with E-state index in [1.165, 1.54) is 0 Å². The Hall–Kier alpha value is -1.43. The number of nitrogens with one attached hydrogen (secondary N) is 1. The molecule has 1 atom stereocenters. The zero-order chi connectivity index (χ0) is 16.3. The lowest BCUT2D eigenvalue weighted by Crippen LogP contribution is -2.30. The van der Waals surface area contributed by atoms with E-state index < -0.39 is 6.10 Å². The predicted molar refractivity (Wildman–Crippen MR) is 93.7 cm³/mol. The first-order valence-electron chi connectivity index (χ1n) is 6.34. The molecule has 2 aromatic rings. The van der Waals surface area contributed by atoms with Gasteiger partial charge in [0.2, 0.25) is 0 Å². The van der Waals surface area contributed by atoms with E-state index in [0.29, 0.717) is 31.6 Å². The zero-order valence-corrected chi connectivity index (χ0v) is 14.7. The van der Waals surface area contributed by atoms with E-state index in [-0.39, 0.29) is 5.91 Å². The number of benzene rings is 2. The molecular weight excluding hydrogens is 391 g/mol. The molecule has 2 aromatic carbocycles. The fraction of sp³-hybridized carbons (Fsp3) is 0.133. The standard InChI is InChI=1S/C15H13BrCl2N2O2/c1-8(22-14-5-2-9(17)6-12(14)18)15(21)20-13-4-3-10(19)7-11(13)16/h2-8H,19H2,1H3,(H,20,21). The van der Waals surface area contributed by atoms with Gasteiger partial charge in [-0.15, -0.1) is 0 Å². The average molecular weight is 404 g/mol. The van der Waals surface area contributed by atoms with E-state index in [4.69, 9.17) is 33.7 Å². The highest BCUT2D eigenvalue weighted by molar-refractivity contribution is 9.10. The fourth-order valence-corrected chi connectivity index (χ4v) is 2.63. The summed E-state index contributed by atoms with van der Waals surface area (Å²) in [5, 5.41) is 3.60. The highest BCUT2D eigenvalue weighted by Gasteiger charge is 2.17. The minimum Gasteiger partial charge on any atom is -0.479 e. The quantitative estimate of drug-likeness (QED) is 0.724. The van der Waals surface area contributed by atoms with Crippen molar-refractivity contribution in [2.24, 2.45) is 0 Å². The molecule has 1 amide bonds. The van der Waals surface area contributed by atoms with Crippen molar-refractivity contribution in [1.82, 2.24) is 0 Å². The monoisotopic (exact) mass is 402 g/mol. The number of halogens is 3. The Bertz CT molecular complexity index is 710. The largest absolute Gasteiger partial charge is 0.479 e. The zero-order valence-electron chi connectivity index (χ0n) is 11.6. The number of carbonyl (C=O) groups is 1. The summed E-state index contributed by atoms with van der Waals surface area (Å²) in [5.74, 6) is 0.0848. The van der Waals surface area contributed by atoms with Gasteiger partial charge < -0.3 is 15.8 Å². The molecule has 1 unspecified atom stereocenters. The van der Waals surface area contributed by atoms with Crippen LogP contribution >= 0.6 is 39.1 Å².